The molecule has 0 saturated heterocycles. The molecule has 29 heavy (non-hydrogen) atoms. The van der Waals surface area contributed by atoms with Gasteiger partial charge < -0.3 is 20.5 Å². The molecule has 0 aliphatic heterocycles. The molecule has 4 aromatic rings. The minimum atomic E-state index is -0.323. The van der Waals surface area contributed by atoms with Crippen LogP contribution in [0.2, 0.25) is 0 Å². The van der Waals surface area contributed by atoms with Gasteiger partial charge in [0.2, 0.25) is 5.95 Å². The van der Waals surface area contributed by atoms with Crippen LogP contribution in [0.3, 0.4) is 0 Å². The minimum absolute atomic E-state index is 0.114. The molecule has 0 bridgehead atoms. The van der Waals surface area contributed by atoms with Crippen molar-refractivity contribution in [2.75, 3.05) is 25.3 Å². The number of nitrogens with one attached hydrogen (secondary N) is 1. The van der Waals surface area contributed by atoms with E-state index in [2.05, 4.69) is 15.3 Å². The van der Waals surface area contributed by atoms with Gasteiger partial charge in [0.25, 0.3) is 0 Å². The van der Waals surface area contributed by atoms with Crippen molar-refractivity contribution in [2.45, 2.75) is 0 Å². The predicted molar refractivity (Wildman–Crippen MR) is 110 cm³/mol. The van der Waals surface area contributed by atoms with E-state index in [4.69, 9.17) is 20.2 Å². The average molecular weight is 391 g/mol. The number of nitrogens with two attached hydrogens (primary N) is 1. The molecule has 0 aliphatic rings. The number of aromatic nitrogens is 3. The van der Waals surface area contributed by atoms with Gasteiger partial charge >= 0.3 is 0 Å². The van der Waals surface area contributed by atoms with Crippen LogP contribution >= 0.6 is 0 Å². The number of halogens is 1. The van der Waals surface area contributed by atoms with Crippen LogP contribution in [0.25, 0.3) is 22.3 Å². The summed E-state index contributed by atoms with van der Waals surface area (Å²) in [7, 11) is 3.16. The average Bonchev–Trinajstić information content (AvgIpc) is 2.74. The van der Waals surface area contributed by atoms with Gasteiger partial charge in [-0.1, -0.05) is 0 Å². The van der Waals surface area contributed by atoms with Gasteiger partial charge in [-0.25, -0.2) is 14.4 Å². The third-order valence-electron chi connectivity index (χ3n) is 4.35. The highest BCUT2D eigenvalue weighted by atomic mass is 19.1. The Balaban J connectivity index is 1.80. The zero-order chi connectivity index (χ0) is 20.4. The van der Waals surface area contributed by atoms with Crippen molar-refractivity contribution in [1.29, 1.82) is 0 Å². The van der Waals surface area contributed by atoms with Crippen LogP contribution < -0.4 is 20.5 Å². The summed E-state index contributed by atoms with van der Waals surface area (Å²) >= 11 is 0. The first-order valence-corrected chi connectivity index (χ1v) is 8.76. The molecule has 2 aromatic carbocycles. The molecule has 4 rings (SSSR count). The number of ether oxygens (including phenoxy) is 2. The van der Waals surface area contributed by atoms with Crippen molar-refractivity contribution in [1.82, 2.24) is 15.0 Å². The number of anilines is 3. The third-order valence-corrected chi connectivity index (χ3v) is 4.35. The van der Waals surface area contributed by atoms with Gasteiger partial charge in [-0.3, -0.25) is 0 Å². The maximum Gasteiger partial charge on any atom is 0.222 e. The SMILES string of the molecule is COc1ccc(-c2ccc3nc(N)nc(Nc4ccc(F)cc4)c3n2)cc1OC. The van der Waals surface area contributed by atoms with E-state index in [0.717, 1.165) is 5.56 Å². The maximum absolute atomic E-state index is 13.2. The molecule has 0 atom stereocenters. The van der Waals surface area contributed by atoms with Crippen LogP contribution in [0.15, 0.2) is 54.6 Å². The first-order chi connectivity index (χ1) is 14.1. The van der Waals surface area contributed by atoms with Crippen LogP contribution in [0.4, 0.5) is 21.8 Å². The molecule has 0 unspecified atom stereocenters. The van der Waals surface area contributed by atoms with E-state index >= 15 is 0 Å². The molecule has 7 nitrogen and oxygen atoms in total. The summed E-state index contributed by atoms with van der Waals surface area (Å²) in [6, 6.07) is 15.2. The standard InChI is InChI=1S/C21H18FN5O2/c1-28-17-10-3-12(11-18(17)29-2)15-8-9-16-19(25-15)20(27-21(23)26-16)24-14-6-4-13(22)5-7-14/h3-11H,1-2H3,(H3,23,24,26,27). The van der Waals surface area contributed by atoms with Crippen LogP contribution in [0.1, 0.15) is 0 Å². The molecule has 3 N–H and O–H groups in total. The Kier molecular flexibility index (Phi) is 4.82. The summed E-state index contributed by atoms with van der Waals surface area (Å²) in [6.07, 6.45) is 0. The molecule has 0 radical (unpaired) electrons. The summed E-state index contributed by atoms with van der Waals surface area (Å²) in [6.45, 7) is 0. The van der Waals surface area contributed by atoms with Crippen LogP contribution in [0.5, 0.6) is 11.5 Å². The zero-order valence-electron chi connectivity index (χ0n) is 15.8. The lowest BCUT2D eigenvalue weighted by Gasteiger charge is -2.12. The fraction of sp³-hybridized carbons (Fsp3) is 0.0952. The summed E-state index contributed by atoms with van der Waals surface area (Å²) < 4.78 is 23.9. The minimum Gasteiger partial charge on any atom is -0.493 e. The lowest BCUT2D eigenvalue weighted by atomic mass is 10.1. The fourth-order valence-corrected chi connectivity index (χ4v) is 2.95. The normalized spacial score (nSPS) is 10.7. The van der Waals surface area contributed by atoms with Crippen LogP contribution in [0, 0.1) is 5.82 Å². The number of hydrogen-bond acceptors (Lipinski definition) is 7. The summed E-state index contributed by atoms with van der Waals surface area (Å²) in [5.41, 5.74) is 9.17. The van der Waals surface area contributed by atoms with Crippen molar-refractivity contribution < 1.29 is 13.9 Å². The number of hydrogen-bond donors (Lipinski definition) is 2. The second kappa shape index (κ2) is 7.59. The Bertz CT molecular complexity index is 1180. The van der Waals surface area contributed by atoms with Gasteiger partial charge in [-0.2, -0.15) is 4.98 Å². The molecule has 0 spiro atoms. The van der Waals surface area contributed by atoms with E-state index in [-0.39, 0.29) is 11.8 Å². The van der Waals surface area contributed by atoms with E-state index in [1.807, 2.05) is 30.3 Å². The number of pyridine rings is 1. The molecular weight excluding hydrogens is 373 g/mol. The number of fused-ring (bicyclic) bond motifs is 1. The maximum atomic E-state index is 13.2. The first-order valence-electron chi connectivity index (χ1n) is 8.76. The van der Waals surface area contributed by atoms with Gasteiger partial charge in [0, 0.05) is 11.3 Å². The molecule has 0 saturated carbocycles. The van der Waals surface area contributed by atoms with Gasteiger partial charge in [-0.05, 0) is 54.6 Å². The highest BCUT2D eigenvalue weighted by Crippen LogP contribution is 2.33. The molecule has 2 heterocycles. The first kappa shape index (κ1) is 18.4. The monoisotopic (exact) mass is 391 g/mol. The van der Waals surface area contributed by atoms with Crippen molar-refractivity contribution in [3.63, 3.8) is 0 Å². The highest BCUT2D eigenvalue weighted by molar-refractivity contribution is 5.90. The van der Waals surface area contributed by atoms with Crippen LogP contribution in [-0.2, 0) is 0 Å². The van der Waals surface area contributed by atoms with E-state index in [1.165, 1.54) is 12.1 Å². The Morgan fingerprint density at radius 2 is 1.62 bits per heavy atom. The summed E-state index contributed by atoms with van der Waals surface area (Å²) in [5, 5.41) is 3.13. The third kappa shape index (κ3) is 3.73. The topological polar surface area (TPSA) is 95.2 Å². The quantitative estimate of drug-likeness (QED) is 0.527. The fourth-order valence-electron chi connectivity index (χ4n) is 2.95. The molecule has 8 heteroatoms. The molecule has 0 amide bonds. The molecule has 0 aliphatic carbocycles. The Morgan fingerprint density at radius 3 is 2.34 bits per heavy atom. The second-order valence-corrected chi connectivity index (χ2v) is 6.20. The summed E-state index contributed by atoms with van der Waals surface area (Å²) in [5.74, 6) is 1.46. The smallest absolute Gasteiger partial charge is 0.222 e. The van der Waals surface area contributed by atoms with E-state index < -0.39 is 0 Å². The van der Waals surface area contributed by atoms with E-state index in [1.54, 1.807) is 26.4 Å². The van der Waals surface area contributed by atoms with Gasteiger partial charge in [-0.15, -0.1) is 0 Å². The van der Waals surface area contributed by atoms with Crippen molar-refractivity contribution in [3.8, 4) is 22.8 Å². The molecule has 2 aromatic heterocycles. The number of methoxy groups -OCH3 is 2. The van der Waals surface area contributed by atoms with Gasteiger partial charge in [0.1, 0.15) is 11.3 Å². The Labute approximate surface area is 166 Å². The Morgan fingerprint density at radius 1 is 0.862 bits per heavy atom. The number of nitrogen functional groups attached to an aromatic ring is 1. The zero-order valence-corrected chi connectivity index (χ0v) is 15.8. The van der Waals surface area contributed by atoms with E-state index in [0.29, 0.717) is 39.7 Å². The van der Waals surface area contributed by atoms with Crippen molar-refractivity contribution in [3.05, 3.63) is 60.4 Å². The lowest BCUT2D eigenvalue weighted by molar-refractivity contribution is 0.355. The molecular formula is C21H18FN5O2. The summed E-state index contributed by atoms with van der Waals surface area (Å²) in [4.78, 5) is 13.2. The van der Waals surface area contributed by atoms with Gasteiger partial charge in [0.15, 0.2) is 17.3 Å². The molecule has 146 valence electrons. The predicted octanol–water partition coefficient (Wildman–Crippen LogP) is 4.17. The van der Waals surface area contributed by atoms with Crippen molar-refractivity contribution in [2.24, 2.45) is 0 Å². The largest absolute Gasteiger partial charge is 0.493 e. The number of nitrogens with zero attached hydrogens (tertiary/aromatic N) is 3. The van der Waals surface area contributed by atoms with Crippen molar-refractivity contribution >= 4 is 28.5 Å². The molecule has 0 fully saturated rings. The van der Waals surface area contributed by atoms with Gasteiger partial charge in [0.05, 0.1) is 25.4 Å². The van der Waals surface area contributed by atoms with Crippen LogP contribution in [-0.4, -0.2) is 29.2 Å². The van der Waals surface area contributed by atoms with E-state index in [9.17, 15) is 4.39 Å². The lowest BCUT2D eigenvalue weighted by Crippen LogP contribution is -2.03. The Hall–Kier alpha value is -3.94. The highest BCUT2D eigenvalue weighted by Gasteiger charge is 2.12. The number of benzene rings is 2. The number of rotatable bonds is 5. The second-order valence-electron chi connectivity index (χ2n) is 6.20.